The summed E-state index contributed by atoms with van der Waals surface area (Å²) >= 11 is 0. The number of benzene rings is 1. The lowest BCUT2D eigenvalue weighted by Crippen LogP contribution is -2.36. The van der Waals surface area contributed by atoms with E-state index in [0.29, 0.717) is 19.6 Å². The van der Waals surface area contributed by atoms with Gasteiger partial charge in [0.25, 0.3) is 0 Å². The molecule has 2 atom stereocenters. The SMILES string of the molecule is Cc1ccc(CN2CC(C(=O)NCC(C)CO)CC2=O)cc1. The minimum atomic E-state index is -0.288. The van der Waals surface area contributed by atoms with Crippen molar-refractivity contribution >= 4 is 11.8 Å². The summed E-state index contributed by atoms with van der Waals surface area (Å²) in [6.07, 6.45) is 0.269. The van der Waals surface area contributed by atoms with Crippen molar-refractivity contribution in [2.45, 2.75) is 26.8 Å². The van der Waals surface area contributed by atoms with Gasteiger partial charge < -0.3 is 15.3 Å². The zero-order chi connectivity index (χ0) is 16.1. The predicted octanol–water partition coefficient (Wildman–Crippen LogP) is 1.09. The Morgan fingerprint density at radius 3 is 2.73 bits per heavy atom. The predicted molar refractivity (Wildman–Crippen MR) is 84.0 cm³/mol. The lowest BCUT2D eigenvalue weighted by atomic mass is 10.1. The van der Waals surface area contributed by atoms with Gasteiger partial charge in [-0.3, -0.25) is 9.59 Å². The van der Waals surface area contributed by atoms with Crippen molar-refractivity contribution in [3.05, 3.63) is 35.4 Å². The summed E-state index contributed by atoms with van der Waals surface area (Å²) in [5.74, 6) is -0.329. The summed E-state index contributed by atoms with van der Waals surface area (Å²) in [6, 6.07) is 8.07. The lowest BCUT2D eigenvalue weighted by molar-refractivity contribution is -0.129. The molecule has 1 fully saturated rings. The first-order chi connectivity index (χ1) is 10.5. The molecule has 1 saturated heterocycles. The van der Waals surface area contributed by atoms with E-state index in [-0.39, 0.29) is 36.7 Å². The fraction of sp³-hybridized carbons (Fsp3) is 0.529. The minimum absolute atomic E-state index is 0.0240. The van der Waals surface area contributed by atoms with Crippen molar-refractivity contribution in [1.29, 1.82) is 0 Å². The maximum atomic E-state index is 12.1. The van der Waals surface area contributed by atoms with E-state index in [9.17, 15) is 9.59 Å². The van der Waals surface area contributed by atoms with Crippen molar-refractivity contribution in [1.82, 2.24) is 10.2 Å². The Hall–Kier alpha value is -1.88. The average Bonchev–Trinajstić information content (AvgIpc) is 2.88. The number of aryl methyl sites for hydroxylation is 1. The second-order valence-corrected chi connectivity index (χ2v) is 6.19. The number of hydrogen-bond acceptors (Lipinski definition) is 3. The monoisotopic (exact) mass is 304 g/mol. The summed E-state index contributed by atoms with van der Waals surface area (Å²) < 4.78 is 0. The van der Waals surface area contributed by atoms with E-state index in [1.165, 1.54) is 5.56 Å². The van der Waals surface area contributed by atoms with E-state index >= 15 is 0 Å². The van der Waals surface area contributed by atoms with Crippen LogP contribution in [-0.4, -0.2) is 41.5 Å². The number of aliphatic hydroxyl groups excluding tert-OH is 1. The number of likely N-dealkylation sites (tertiary alicyclic amines) is 1. The van der Waals surface area contributed by atoms with Gasteiger partial charge in [-0.15, -0.1) is 0 Å². The number of carbonyl (C=O) groups is 2. The smallest absolute Gasteiger partial charge is 0.225 e. The molecule has 22 heavy (non-hydrogen) atoms. The Kier molecular flexibility index (Phi) is 5.55. The topological polar surface area (TPSA) is 69.6 Å². The lowest BCUT2D eigenvalue weighted by Gasteiger charge is -2.17. The Balaban J connectivity index is 1.87. The highest BCUT2D eigenvalue weighted by Gasteiger charge is 2.34. The molecule has 1 aliphatic heterocycles. The van der Waals surface area contributed by atoms with Crippen molar-refractivity contribution in [3.8, 4) is 0 Å². The molecule has 120 valence electrons. The Morgan fingerprint density at radius 1 is 1.41 bits per heavy atom. The molecule has 1 aromatic carbocycles. The van der Waals surface area contributed by atoms with Crippen LogP contribution in [0.25, 0.3) is 0 Å². The molecule has 0 aliphatic carbocycles. The molecule has 5 nitrogen and oxygen atoms in total. The van der Waals surface area contributed by atoms with Crippen LogP contribution < -0.4 is 5.32 Å². The highest BCUT2D eigenvalue weighted by molar-refractivity contribution is 5.89. The summed E-state index contributed by atoms with van der Waals surface area (Å²) in [5.41, 5.74) is 2.26. The first-order valence-corrected chi connectivity index (χ1v) is 7.71. The number of hydrogen-bond donors (Lipinski definition) is 2. The van der Waals surface area contributed by atoms with E-state index in [1.807, 2.05) is 38.1 Å². The summed E-state index contributed by atoms with van der Waals surface area (Å²) in [7, 11) is 0. The van der Waals surface area contributed by atoms with Gasteiger partial charge >= 0.3 is 0 Å². The number of nitrogens with one attached hydrogen (secondary N) is 1. The fourth-order valence-electron chi connectivity index (χ4n) is 2.50. The van der Waals surface area contributed by atoms with Crippen LogP contribution in [0.15, 0.2) is 24.3 Å². The standard InChI is InChI=1S/C17H24N2O3/c1-12-3-5-14(6-4-12)9-19-10-15(7-16(19)21)17(22)18-8-13(2)11-20/h3-6,13,15,20H,7-11H2,1-2H3,(H,18,22). The molecule has 2 N–H and O–H groups in total. The quantitative estimate of drug-likeness (QED) is 0.826. The van der Waals surface area contributed by atoms with E-state index in [4.69, 9.17) is 5.11 Å². The van der Waals surface area contributed by atoms with Crippen LogP contribution in [0.5, 0.6) is 0 Å². The third kappa shape index (κ3) is 4.31. The van der Waals surface area contributed by atoms with E-state index in [2.05, 4.69) is 5.32 Å². The van der Waals surface area contributed by atoms with Crippen LogP contribution in [0.1, 0.15) is 24.5 Å². The molecule has 2 amide bonds. The molecule has 2 rings (SSSR count). The van der Waals surface area contributed by atoms with Gasteiger partial charge in [-0.05, 0) is 18.4 Å². The Morgan fingerprint density at radius 2 is 2.09 bits per heavy atom. The second kappa shape index (κ2) is 7.40. The first-order valence-electron chi connectivity index (χ1n) is 7.71. The van der Waals surface area contributed by atoms with Gasteiger partial charge in [0.1, 0.15) is 0 Å². The molecule has 1 heterocycles. The average molecular weight is 304 g/mol. The van der Waals surface area contributed by atoms with Gasteiger partial charge in [-0.25, -0.2) is 0 Å². The van der Waals surface area contributed by atoms with Crippen molar-refractivity contribution in [3.63, 3.8) is 0 Å². The Bertz CT molecular complexity index is 527. The summed E-state index contributed by atoms with van der Waals surface area (Å²) in [4.78, 5) is 25.9. The van der Waals surface area contributed by atoms with E-state index in [1.54, 1.807) is 4.90 Å². The molecule has 0 bridgehead atoms. The molecule has 5 heteroatoms. The number of amides is 2. The van der Waals surface area contributed by atoms with Crippen LogP contribution in [0.4, 0.5) is 0 Å². The largest absolute Gasteiger partial charge is 0.396 e. The number of carbonyl (C=O) groups excluding carboxylic acids is 2. The van der Waals surface area contributed by atoms with Crippen LogP contribution in [0, 0.1) is 18.8 Å². The van der Waals surface area contributed by atoms with E-state index in [0.717, 1.165) is 5.56 Å². The van der Waals surface area contributed by atoms with Gasteiger partial charge in [-0.2, -0.15) is 0 Å². The molecule has 0 aromatic heterocycles. The van der Waals surface area contributed by atoms with Crippen LogP contribution >= 0.6 is 0 Å². The van der Waals surface area contributed by atoms with Crippen LogP contribution in [0.2, 0.25) is 0 Å². The molecule has 0 spiro atoms. The number of rotatable bonds is 6. The van der Waals surface area contributed by atoms with Crippen molar-refractivity contribution < 1.29 is 14.7 Å². The van der Waals surface area contributed by atoms with E-state index < -0.39 is 0 Å². The molecular formula is C17H24N2O3. The molecule has 1 aliphatic rings. The zero-order valence-electron chi connectivity index (χ0n) is 13.2. The van der Waals surface area contributed by atoms with Crippen LogP contribution in [0.3, 0.4) is 0 Å². The van der Waals surface area contributed by atoms with Crippen molar-refractivity contribution in [2.75, 3.05) is 19.7 Å². The number of nitrogens with zero attached hydrogens (tertiary/aromatic N) is 1. The summed E-state index contributed by atoms with van der Waals surface area (Å²) in [6.45, 7) is 5.39. The van der Waals surface area contributed by atoms with Gasteiger partial charge in [-0.1, -0.05) is 36.8 Å². The Labute approximate surface area is 131 Å². The maximum absolute atomic E-state index is 12.1. The van der Waals surface area contributed by atoms with Gasteiger partial charge in [0.2, 0.25) is 11.8 Å². The highest BCUT2D eigenvalue weighted by Crippen LogP contribution is 2.20. The second-order valence-electron chi connectivity index (χ2n) is 6.19. The molecule has 0 radical (unpaired) electrons. The van der Waals surface area contributed by atoms with Gasteiger partial charge in [0.15, 0.2) is 0 Å². The third-order valence-electron chi connectivity index (χ3n) is 4.02. The minimum Gasteiger partial charge on any atom is -0.396 e. The highest BCUT2D eigenvalue weighted by atomic mass is 16.3. The van der Waals surface area contributed by atoms with Gasteiger partial charge in [0, 0.05) is 32.7 Å². The molecule has 0 saturated carbocycles. The summed E-state index contributed by atoms with van der Waals surface area (Å²) in [5, 5.41) is 11.8. The fourth-order valence-corrected chi connectivity index (χ4v) is 2.50. The first kappa shape index (κ1) is 16.5. The van der Waals surface area contributed by atoms with Crippen molar-refractivity contribution in [2.24, 2.45) is 11.8 Å². The maximum Gasteiger partial charge on any atom is 0.225 e. The van der Waals surface area contributed by atoms with Gasteiger partial charge in [0.05, 0.1) is 5.92 Å². The van der Waals surface area contributed by atoms with Crippen LogP contribution in [-0.2, 0) is 16.1 Å². The zero-order valence-corrected chi connectivity index (χ0v) is 13.2. The normalized spacial score (nSPS) is 19.3. The molecule has 1 aromatic rings. The number of aliphatic hydroxyl groups is 1. The molecular weight excluding hydrogens is 280 g/mol. The molecule has 2 unspecified atom stereocenters. The third-order valence-corrected chi connectivity index (χ3v) is 4.02.